The van der Waals surface area contributed by atoms with Gasteiger partial charge in [0.05, 0.1) is 6.10 Å². The molecule has 3 rings (SSSR count). The van der Waals surface area contributed by atoms with Gasteiger partial charge in [-0.05, 0) is 45.1 Å². The van der Waals surface area contributed by atoms with E-state index in [1.807, 2.05) is 0 Å². The molecule has 0 aromatic heterocycles. The maximum Gasteiger partial charge on any atom is 0.0759 e. The topological polar surface area (TPSA) is 24.5 Å². The molecule has 0 radical (unpaired) electrons. The number of ether oxygens (including phenoxy) is 1. The third-order valence-electron chi connectivity index (χ3n) is 4.60. The molecule has 2 heterocycles. The molecule has 2 saturated heterocycles. The molecule has 2 unspecified atom stereocenters. The summed E-state index contributed by atoms with van der Waals surface area (Å²) >= 11 is 0. The minimum Gasteiger partial charge on any atom is -0.376 e. The van der Waals surface area contributed by atoms with Crippen molar-refractivity contribution in [2.24, 2.45) is 5.92 Å². The van der Waals surface area contributed by atoms with Crippen LogP contribution >= 0.6 is 0 Å². The van der Waals surface area contributed by atoms with Crippen molar-refractivity contribution in [2.75, 3.05) is 26.7 Å². The molecular weight excluding hydrogens is 200 g/mol. The maximum absolute atomic E-state index is 5.94. The van der Waals surface area contributed by atoms with Crippen LogP contribution in [0, 0.1) is 5.92 Å². The normalized spacial score (nSPS) is 38.1. The summed E-state index contributed by atoms with van der Waals surface area (Å²) in [5, 5.41) is 3.40. The first-order valence-corrected chi connectivity index (χ1v) is 6.91. The average molecular weight is 224 g/mol. The van der Waals surface area contributed by atoms with Crippen molar-refractivity contribution in [1.29, 1.82) is 0 Å². The lowest BCUT2D eigenvalue weighted by molar-refractivity contribution is 0.0360. The summed E-state index contributed by atoms with van der Waals surface area (Å²) in [6.45, 7) is 3.53. The Morgan fingerprint density at radius 1 is 1.06 bits per heavy atom. The molecule has 0 aromatic rings. The monoisotopic (exact) mass is 224 g/mol. The largest absolute Gasteiger partial charge is 0.376 e. The Morgan fingerprint density at radius 2 is 1.81 bits per heavy atom. The predicted molar refractivity (Wildman–Crippen MR) is 64.5 cm³/mol. The zero-order valence-corrected chi connectivity index (χ0v) is 10.3. The van der Waals surface area contributed by atoms with Crippen LogP contribution in [0.4, 0.5) is 0 Å². The van der Waals surface area contributed by atoms with E-state index in [1.165, 1.54) is 45.2 Å². The van der Waals surface area contributed by atoms with Gasteiger partial charge in [-0.15, -0.1) is 0 Å². The predicted octanol–water partition coefficient (Wildman–Crippen LogP) is 1.24. The molecule has 3 nitrogen and oxygen atoms in total. The Bertz CT molecular complexity index is 234. The molecule has 1 aliphatic carbocycles. The van der Waals surface area contributed by atoms with Gasteiger partial charge in [-0.25, -0.2) is 0 Å². The molecule has 1 N–H and O–H groups in total. The van der Waals surface area contributed by atoms with Gasteiger partial charge in [0, 0.05) is 31.8 Å². The zero-order valence-electron chi connectivity index (χ0n) is 10.3. The first-order chi connectivity index (χ1) is 7.88. The second-order valence-corrected chi connectivity index (χ2v) is 5.63. The molecule has 3 heteroatoms. The minimum atomic E-state index is 0.575. The first kappa shape index (κ1) is 11.0. The van der Waals surface area contributed by atoms with E-state index in [-0.39, 0.29) is 0 Å². The second kappa shape index (κ2) is 4.63. The van der Waals surface area contributed by atoms with Gasteiger partial charge in [-0.2, -0.15) is 0 Å². The van der Waals surface area contributed by atoms with Gasteiger partial charge < -0.3 is 10.1 Å². The first-order valence-electron chi connectivity index (χ1n) is 6.91. The average Bonchev–Trinajstić information content (AvgIpc) is 3.07. The van der Waals surface area contributed by atoms with Gasteiger partial charge >= 0.3 is 0 Å². The summed E-state index contributed by atoms with van der Waals surface area (Å²) in [4.78, 5) is 2.70. The quantitative estimate of drug-likeness (QED) is 0.780. The zero-order chi connectivity index (χ0) is 11.0. The Labute approximate surface area is 98.5 Å². The fourth-order valence-corrected chi connectivity index (χ4v) is 3.39. The SMILES string of the molecule is CNC1CCN(C2CCOC2C2CC2)CC1. The highest BCUT2D eigenvalue weighted by Crippen LogP contribution is 2.40. The van der Waals surface area contributed by atoms with E-state index in [0.29, 0.717) is 6.10 Å². The lowest BCUT2D eigenvalue weighted by Gasteiger charge is -2.37. The van der Waals surface area contributed by atoms with E-state index in [2.05, 4.69) is 17.3 Å². The molecule has 92 valence electrons. The van der Waals surface area contributed by atoms with Gasteiger partial charge in [0.2, 0.25) is 0 Å². The summed E-state index contributed by atoms with van der Waals surface area (Å²) in [6, 6.07) is 1.49. The molecule has 3 aliphatic rings. The van der Waals surface area contributed by atoms with Crippen molar-refractivity contribution >= 4 is 0 Å². The highest BCUT2D eigenvalue weighted by molar-refractivity contribution is 4.96. The lowest BCUT2D eigenvalue weighted by Crippen LogP contribution is -2.49. The van der Waals surface area contributed by atoms with Crippen molar-refractivity contribution in [1.82, 2.24) is 10.2 Å². The van der Waals surface area contributed by atoms with E-state index < -0.39 is 0 Å². The van der Waals surface area contributed by atoms with Gasteiger partial charge in [-0.3, -0.25) is 4.90 Å². The van der Waals surface area contributed by atoms with Crippen molar-refractivity contribution in [3.05, 3.63) is 0 Å². The van der Waals surface area contributed by atoms with Crippen LogP contribution < -0.4 is 5.32 Å². The Hall–Kier alpha value is -0.120. The van der Waals surface area contributed by atoms with Crippen LogP contribution in [0.1, 0.15) is 32.1 Å². The fourth-order valence-electron chi connectivity index (χ4n) is 3.39. The molecule has 0 spiro atoms. The summed E-state index contributed by atoms with van der Waals surface area (Å²) in [5.74, 6) is 0.898. The van der Waals surface area contributed by atoms with Gasteiger partial charge in [0.15, 0.2) is 0 Å². The van der Waals surface area contributed by atoms with E-state index in [4.69, 9.17) is 4.74 Å². The number of likely N-dealkylation sites (tertiary alicyclic amines) is 1. The van der Waals surface area contributed by atoms with Crippen LogP contribution in [-0.4, -0.2) is 49.8 Å². The van der Waals surface area contributed by atoms with E-state index in [9.17, 15) is 0 Å². The number of piperidine rings is 1. The number of nitrogens with one attached hydrogen (secondary N) is 1. The molecular formula is C13H24N2O. The summed E-state index contributed by atoms with van der Waals surface area (Å²) in [7, 11) is 2.09. The Morgan fingerprint density at radius 3 is 2.44 bits per heavy atom. The van der Waals surface area contributed by atoms with Crippen LogP contribution in [0.25, 0.3) is 0 Å². The van der Waals surface area contributed by atoms with Crippen molar-refractivity contribution in [3.63, 3.8) is 0 Å². The van der Waals surface area contributed by atoms with Crippen LogP contribution in [-0.2, 0) is 4.74 Å². The summed E-state index contributed by atoms with van der Waals surface area (Å²) < 4.78 is 5.94. The van der Waals surface area contributed by atoms with Crippen LogP contribution in [0.15, 0.2) is 0 Å². The fraction of sp³-hybridized carbons (Fsp3) is 1.00. The molecule has 2 aliphatic heterocycles. The van der Waals surface area contributed by atoms with Crippen molar-refractivity contribution in [3.8, 4) is 0 Å². The number of nitrogens with zero attached hydrogens (tertiary/aromatic N) is 1. The second-order valence-electron chi connectivity index (χ2n) is 5.63. The van der Waals surface area contributed by atoms with Crippen molar-refractivity contribution in [2.45, 2.75) is 50.3 Å². The van der Waals surface area contributed by atoms with E-state index in [1.54, 1.807) is 0 Å². The van der Waals surface area contributed by atoms with Crippen LogP contribution in [0.5, 0.6) is 0 Å². The number of hydrogen-bond acceptors (Lipinski definition) is 3. The van der Waals surface area contributed by atoms with Gasteiger partial charge in [0.25, 0.3) is 0 Å². The van der Waals surface area contributed by atoms with Gasteiger partial charge in [0.1, 0.15) is 0 Å². The Kier molecular flexibility index (Phi) is 3.18. The highest BCUT2D eigenvalue weighted by atomic mass is 16.5. The molecule has 2 atom stereocenters. The molecule has 0 amide bonds. The highest BCUT2D eigenvalue weighted by Gasteiger charge is 2.43. The van der Waals surface area contributed by atoms with Crippen LogP contribution in [0.2, 0.25) is 0 Å². The van der Waals surface area contributed by atoms with E-state index in [0.717, 1.165) is 24.6 Å². The number of hydrogen-bond donors (Lipinski definition) is 1. The van der Waals surface area contributed by atoms with Crippen LogP contribution in [0.3, 0.4) is 0 Å². The Balaban J connectivity index is 1.56. The number of rotatable bonds is 3. The molecule has 0 aromatic carbocycles. The smallest absolute Gasteiger partial charge is 0.0759 e. The minimum absolute atomic E-state index is 0.575. The summed E-state index contributed by atoms with van der Waals surface area (Å²) in [5.41, 5.74) is 0. The van der Waals surface area contributed by atoms with E-state index >= 15 is 0 Å². The molecule has 0 bridgehead atoms. The lowest BCUT2D eigenvalue weighted by atomic mass is 9.98. The third kappa shape index (κ3) is 2.13. The molecule has 3 fully saturated rings. The standard InChI is InChI=1S/C13H24N2O/c1-14-11-4-7-15(8-5-11)12-6-9-16-13(12)10-2-3-10/h10-14H,2-9H2,1H3. The maximum atomic E-state index is 5.94. The van der Waals surface area contributed by atoms with Crippen molar-refractivity contribution < 1.29 is 4.74 Å². The molecule has 16 heavy (non-hydrogen) atoms. The summed E-state index contributed by atoms with van der Waals surface area (Å²) in [6.07, 6.45) is 7.29. The molecule has 1 saturated carbocycles. The van der Waals surface area contributed by atoms with Gasteiger partial charge in [-0.1, -0.05) is 0 Å². The third-order valence-corrected chi connectivity index (χ3v) is 4.60.